The third-order valence-electron chi connectivity index (χ3n) is 29.5. The van der Waals surface area contributed by atoms with Gasteiger partial charge in [-0.15, -0.1) is 29.7 Å². The minimum Gasteiger partial charge on any atom is -0.510 e. The molecule has 16 fully saturated rings. The minimum absolute atomic E-state index is 0. The van der Waals surface area contributed by atoms with Gasteiger partial charge in [-0.2, -0.15) is 18.2 Å². The number of pyridine rings is 1. The fraction of sp³-hybridized carbons (Fsp3) is 0.478. The van der Waals surface area contributed by atoms with Crippen molar-refractivity contribution in [1.82, 2.24) is 14.1 Å². The maximum absolute atomic E-state index is 6.99. The zero-order valence-electron chi connectivity index (χ0n) is 57.8. The number of aromatic nitrogens is 4. The number of benzene rings is 7. The molecule has 3 heterocycles. The van der Waals surface area contributed by atoms with Crippen molar-refractivity contribution in [3.05, 3.63) is 198 Å². The Hall–Kier alpha value is -6.55. The van der Waals surface area contributed by atoms with E-state index in [-0.39, 0.29) is 48.1 Å². The molecule has 0 spiro atoms. The zero-order valence-corrected chi connectivity index (χ0v) is 60.1. The molecule has 16 aliphatic rings. The van der Waals surface area contributed by atoms with Crippen molar-refractivity contribution in [2.45, 2.75) is 202 Å². The summed E-state index contributed by atoms with van der Waals surface area (Å²) in [5.41, 5.74) is 21.2. The second kappa shape index (κ2) is 21.7. The molecule has 5 nitrogen and oxygen atoms in total. The van der Waals surface area contributed by atoms with Crippen LogP contribution in [0.5, 0.6) is 11.5 Å². The van der Waals surface area contributed by atoms with E-state index in [0.717, 1.165) is 110 Å². The Morgan fingerprint density at radius 2 is 0.857 bits per heavy atom. The van der Waals surface area contributed by atoms with Crippen LogP contribution in [0.15, 0.2) is 152 Å². The summed E-state index contributed by atoms with van der Waals surface area (Å²) in [5, 5.41) is 2.29. The van der Waals surface area contributed by atoms with E-state index < -0.39 is 0 Å². The average molecular weight is 1470 g/mol. The standard InChI is InChI=1S/C92H94N4O.Pt/c1-88(2,3)70-20-21-93-86(40-70)96-82-15-5-4-12-80(82)81-19-18-77(42-85(81)96)97-76-11-8-10-75(41-76)94-55-95(84-17-7-6-16-83(84)94)87-78(68-34-71(89-43-56-22-57(44-89)24-58(23-56)45-89)38-72(35-68)90-46-59-25-60(47-90)27-61(26-59)48-90)13-9-14-79(87)69-36-73(91-49-62-28-63(50-91)30-64(29-62)51-91)39-74(37-69)92-52-65-31-66(53-92)33-67(32-65)54-92;/h4-21,34-40,56-67H,22-33,43-54H2,1-3H3;/q-2;. The Kier molecular flexibility index (Phi) is 13.4. The number of ether oxygens (including phenoxy) is 1. The summed E-state index contributed by atoms with van der Waals surface area (Å²) in [6.07, 6.45) is 40.4. The first kappa shape index (κ1) is 60.2. The minimum atomic E-state index is -0.0313. The molecule has 10 aromatic rings. The van der Waals surface area contributed by atoms with Gasteiger partial charge in [0, 0.05) is 44.3 Å². The second-order valence-corrected chi connectivity index (χ2v) is 36.9. The number of imidazole rings is 1. The van der Waals surface area contributed by atoms with Crippen LogP contribution in [0, 0.1) is 89.5 Å². The monoisotopic (exact) mass is 1470 g/mol. The summed E-state index contributed by atoms with van der Waals surface area (Å²) in [4.78, 5) is 4.99. The van der Waals surface area contributed by atoms with Crippen LogP contribution in [-0.2, 0) is 48.1 Å². The van der Waals surface area contributed by atoms with E-state index in [2.05, 4.69) is 199 Å². The van der Waals surface area contributed by atoms with Crippen molar-refractivity contribution in [3.8, 4) is 50.9 Å². The van der Waals surface area contributed by atoms with Crippen LogP contribution in [0.25, 0.3) is 72.3 Å². The molecule has 0 aliphatic heterocycles. The van der Waals surface area contributed by atoms with Gasteiger partial charge in [-0.05, 0) is 332 Å². The van der Waals surface area contributed by atoms with Gasteiger partial charge in [0.25, 0.3) is 6.33 Å². The van der Waals surface area contributed by atoms with Gasteiger partial charge >= 0.3 is 0 Å². The van der Waals surface area contributed by atoms with Crippen LogP contribution in [0.4, 0.5) is 0 Å². The molecule has 98 heavy (non-hydrogen) atoms. The number of nitrogens with zero attached hydrogens (tertiary/aromatic N) is 4. The predicted octanol–water partition coefficient (Wildman–Crippen LogP) is 22.1. The van der Waals surface area contributed by atoms with Crippen molar-refractivity contribution in [3.63, 3.8) is 0 Å². The van der Waals surface area contributed by atoms with Crippen LogP contribution in [-0.4, -0.2) is 14.1 Å². The summed E-state index contributed by atoms with van der Waals surface area (Å²) in [7, 11) is 0. The molecule has 16 bridgehead atoms. The second-order valence-electron chi connectivity index (χ2n) is 36.9. The third kappa shape index (κ3) is 9.43. The summed E-state index contributed by atoms with van der Waals surface area (Å²) in [5.74, 6) is 12.7. The Balaban J connectivity index is 0.00000633. The SMILES string of the molecule is CC(C)(C)c1ccnc(-n2c3[c-]c(Oc4[c-]c(-n5[c-][n+](-c6c(-c7cc(C89CC%10CC(CC(C%10)C8)C9)cc(C89CC%10CC(CC(C%10)C8)C9)c7)cccc6-c6cc(C78CC9CC(CC(C9)C7)C8)cc(C78CC9CC(CC(C9)C7)C8)c6)c6ccccc65)ccc4)ccc3c3ccccc32)c1.[Pt]. The van der Waals surface area contributed by atoms with Crippen molar-refractivity contribution >= 4 is 32.8 Å². The number of fused-ring (bicyclic) bond motifs is 4. The topological polar surface area (TPSA) is 35.9 Å². The summed E-state index contributed by atoms with van der Waals surface area (Å²) < 4.78 is 14.1. The third-order valence-corrected chi connectivity index (χ3v) is 29.5. The molecule has 0 amide bonds. The first-order valence-corrected chi connectivity index (χ1v) is 38.8. The Morgan fingerprint density at radius 3 is 1.33 bits per heavy atom. The van der Waals surface area contributed by atoms with Gasteiger partial charge in [0.05, 0.1) is 16.7 Å². The van der Waals surface area contributed by atoms with Gasteiger partial charge in [-0.1, -0.05) is 123 Å². The normalized spacial score (nSPS) is 34.2. The molecule has 0 N–H and O–H groups in total. The van der Waals surface area contributed by atoms with Crippen molar-refractivity contribution in [1.29, 1.82) is 0 Å². The summed E-state index contributed by atoms with van der Waals surface area (Å²) in [6, 6.07) is 65.1. The van der Waals surface area contributed by atoms with Gasteiger partial charge in [-0.25, -0.2) is 4.98 Å². The molecule has 0 radical (unpaired) electrons. The largest absolute Gasteiger partial charge is 0.510 e. The van der Waals surface area contributed by atoms with Crippen LogP contribution in [0.1, 0.15) is 203 Å². The Morgan fingerprint density at radius 1 is 0.429 bits per heavy atom. The molecule has 26 rings (SSSR count). The van der Waals surface area contributed by atoms with E-state index in [1.54, 1.807) is 22.3 Å². The van der Waals surface area contributed by atoms with Gasteiger partial charge in [0.1, 0.15) is 5.82 Å². The fourth-order valence-electron chi connectivity index (χ4n) is 27.2. The maximum atomic E-state index is 6.99. The molecule has 6 heteroatoms. The van der Waals surface area contributed by atoms with Crippen LogP contribution in [0.3, 0.4) is 0 Å². The quantitative estimate of drug-likeness (QED) is 0.0956. The Bertz CT molecular complexity index is 4490. The molecular weight excluding hydrogens is 1370 g/mol. The molecule has 3 aromatic heterocycles. The van der Waals surface area contributed by atoms with Gasteiger partial charge in [0.15, 0.2) is 0 Å². The molecule has 7 aromatic carbocycles. The van der Waals surface area contributed by atoms with E-state index in [4.69, 9.17) is 9.72 Å². The van der Waals surface area contributed by atoms with Crippen LogP contribution < -0.4 is 9.30 Å². The average Bonchev–Trinajstić information content (AvgIpc) is 0.819. The molecule has 16 aliphatic carbocycles. The molecule has 16 saturated carbocycles. The van der Waals surface area contributed by atoms with E-state index >= 15 is 0 Å². The smallest absolute Gasteiger partial charge is 0.268 e. The van der Waals surface area contributed by atoms with E-state index in [1.165, 1.54) is 193 Å². The van der Waals surface area contributed by atoms with E-state index in [9.17, 15) is 0 Å². The molecule has 0 atom stereocenters. The Labute approximate surface area is 595 Å². The molecular formula is C92H94N4OPt-2. The molecule has 500 valence electrons. The number of hydrogen-bond donors (Lipinski definition) is 0. The van der Waals surface area contributed by atoms with Crippen LogP contribution in [0.2, 0.25) is 0 Å². The number of para-hydroxylation sites is 4. The van der Waals surface area contributed by atoms with Crippen LogP contribution >= 0.6 is 0 Å². The van der Waals surface area contributed by atoms with E-state index in [0.29, 0.717) is 11.5 Å². The van der Waals surface area contributed by atoms with Gasteiger partial charge < -0.3 is 13.9 Å². The first-order chi connectivity index (χ1) is 47.3. The van der Waals surface area contributed by atoms with Crippen molar-refractivity contribution < 1.29 is 30.4 Å². The molecule has 0 saturated heterocycles. The zero-order chi connectivity index (χ0) is 63.9. The maximum Gasteiger partial charge on any atom is 0.268 e. The number of rotatable bonds is 11. The van der Waals surface area contributed by atoms with Crippen molar-refractivity contribution in [2.24, 2.45) is 71.0 Å². The van der Waals surface area contributed by atoms with Gasteiger partial charge in [-0.3, -0.25) is 4.57 Å². The number of hydrogen-bond acceptors (Lipinski definition) is 2. The van der Waals surface area contributed by atoms with Gasteiger partial charge in [0.2, 0.25) is 0 Å². The summed E-state index contributed by atoms with van der Waals surface area (Å²) in [6.45, 7) is 6.80. The summed E-state index contributed by atoms with van der Waals surface area (Å²) >= 11 is 0. The van der Waals surface area contributed by atoms with E-state index in [1.807, 2.05) is 6.20 Å². The molecule has 0 unspecified atom stereocenters. The van der Waals surface area contributed by atoms with Crippen molar-refractivity contribution in [2.75, 3.05) is 0 Å². The first-order valence-electron chi connectivity index (χ1n) is 38.8. The predicted molar refractivity (Wildman–Crippen MR) is 389 cm³/mol. The fourth-order valence-corrected chi connectivity index (χ4v) is 27.2.